The lowest BCUT2D eigenvalue weighted by atomic mass is 10.1. The van der Waals surface area contributed by atoms with E-state index in [1.54, 1.807) is 0 Å². The highest BCUT2D eigenvalue weighted by atomic mass is 16.3. The van der Waals surface area contributed by atoms with Gasteiger partial charge in [-0.25, -0.2) is 5.84 Å². The van der Waals surface area contributed by atoms with Crippen LogP contribution in [0.25, 0.3) is 0 Å². The number of hydrazine groups is 1. The number of aliphatic hydroxyl groups is 1. The van der Waals surface area contributed by atoms with E-state index in [9.17, 15) is 4.79 Å². The topological polar surface area (TPSA) is 78.6 Å². The largest absolute Gasteiger partial charge is 0.395 e. The fourth-order valence-electron chi connectivity index (χ4n) is 1.56. The predicted octanol–water partition coefficient (Wildman–Crippen LogP) is -0.151. The maximum absolute atomic E-state index is 11.0. The van der Waals surface area contributed by atoms with Gasteiger partial charge in [-0.2, -0.15) is 0 Å². The minimum Gasteiger partial charge on any atom is -0.395 e. The third-order valence-electron chi connectivity index (χ3n) is 2.47. The zero-order valence-electron chi connectivity index (χ0n) is 9.70. The number of carbonyl (C=O) groups excluding carboxylic acids is 1. The van der Waals surface area contributed by atoms with E-state index in [-0.39, 0.29) is 12.5 Å². The van der Waals surface area contributed by atoms with Crippen molar-refractivity contribution < 1.29 is 9.90 Å². The van der Waals surface area contributed by atoms with Crippen LogP contribution in [0.5, 0.6) is 0 Å². The minimum absolute atomic E-state index is 0.137. The van der Waals surface area contributed by atoms with Gasteiger partial charge in [0, 0.05) is 19.0 Å². The number of rotatable bonds is 8. The Morgan fingerprint density at radius 3 is 2.67 bits per heavy atom. The van der Waals surface area contributed by atoms with E-state index in [0.29, 0.717) is 19.0 Å². The van der Waals surface area contributed by atoms with Crippen LogP contribution in [0.2, 0.25) is 0 Å². The van der Waals surface area contributed by atoms with Crippen LogP contribution >= 0.6 is 0 Å². The summed E-state index contributed by atoms with van der Waals surface area (Å²) in [5.74, 6) is 4.86. The molecule has 0 radical (unpaired) electrons. The number of nitrogens with two attached hydrogens (primary N) is 1. The molecule has 0 saturated carbocycles. The Morgan fingerprint density at radius 2 is 2.20 bits per heavy atom. The fraction of sp³-hybridized carbons (Fsp3) is 0.900. The first kappa shape index (κ1) is 14.3. The smallest absolute Gasteiger partial charge is 0.233 e. The second-order valence-corrected chi connectivity index (χ2v) is 3.71. The van der Waals surface area contributed by atoms with E-state index in [1.807, 2.05) is 0 Å². The van der Waals surface area contributed by atoms with Gasteiger partial charge in [0.05, 0.1) is 6.61 Å². The molecule has 0 aliphatic rings. The van der Waals surface area contributed by atoms with Crippen molar-refractivity contribution in [1.29, 1.82) is 0 Å². The quantitative estimate of drug-likeness (QED) is 0.300. The summed E-state index contributed by atoms with van der Waals surface area (Å²) in [6.45, 7) is 5.94. The van der Waals surface area contributed by atoms with Crippen LogP contribution in [-0.2, 0) is 4.79 Å². The third kappa shape index (κ3) is 6.43. The molecule has 0 aliphatic carbocycles. The number of hydrogen-bond donors (Lipinski definition) is 3. The Kier molecular flexibility index (Phi) is 8.27. The van der Waals surface area contributed by atoms with Gasteiger partial charge in [0.25, 0.3) is 0 Å². The van der Waals surface area contributed by atoms with Crippen molar-refractivity contribution in [1.82, 2.24) is 10.3 Å². The highest BCUT2D eigenvalue weighted by Crippen LogP contribution is 2.06. The lowest BCUT2D eigenvalue weighted by molar-refractivity contribution is -0.121. The number of nitrogens with one attached hydrogen (secondary N) is 1. The lowest BCUT2D eigenvalue weighted by Crippen LogP contribution is -2.37. The second-order valence-electron chi connectivity index (χ2n) is 3.71. The Bertz CT molecular complexity index is 170. The van der Waals surface area contributed by atoms with Gasteiger partial charge < -0.3 is 5.11 Å². The second kappa shape index (κ2) is 8.64. The van der Waals surface area contributed by atoms with Crippen molar-refractivity contribution in [2.45, 2.75) is 39.2 Å². The highest BCUT2D eigenvalue weighted by molar-refractivity contribution is 5.75. The van der Waals surface area contributed by atoms with E-state index < -0.39 is 0 Å². The average molecular weight is 217 g/mol. The summed E-state index contributed by atoms with van der Waals surface area (Å²) in [6.07, 6.45) is 2.25. The van der Waals surface area contributed by atoms with Crippen molar-refractivity contribution >= 4 is 5.91 Å². The summed E-state index contributed by atoms with van der Waals surface area (Å²) in [6, 6.07) is 0.300. The van der Waals surface area contributed by atoms with Crippen LogP contribution in [0.4, 0.5) is 0 Å². The standard InChI is InChI=1S/C10H23N3O2/c1-3-6-13(7-8-14)9(2)4-5-10(15)12-11/h9,14H,3-8,11H2,1-2H3,(H,12,15). The molecule has 1 unspecified atom stereocenters. The van der Waals surface area contributed by atoms with Gasteiger partial charge in [0.15, 0.2) is 0 Å². The van der Waals surface area contributed by atoms with Crippen LogP contribution in [0.15, 0.2) is 0 Å². The number of amides is 1. The molecule has 1 atom stereocenters. The Hall–Kier alpha value is -0.650. The first-order chi connectivity index (χ1) is 7.15. The summed E-state index contributed by atoms with van der Waals surface area (Å²) in [4.78, 5) is 13.1. The molecule has 0 aliphatic heterocycles. The van der Waals surface area contributed by atoms with Crippen molar-refractivity contribution in [3.05, 3.63) is 0 Å². The summed E-state index contributed by atoms with van der Waals surface area (Å²) in [5.41, 5.74) is 2.12. The number of aliphatic hydroxyl groups excluding tert-OH is 1. The summed E-state index contributed by atoms with van der Waals surface area (Å²) in [5, 5.41) is 8.89. The Balaban J connectivity index is 3.89. The lowest BCUT2D eigenvalue weighted by Gasteiger charge is -2.27. The van der Waals surface area contributed by atoms with Gasteiger partial charge in [0.2, 0.25) is 5.91 Å². The SMILES string of the molecule is CCCN(CCO)C(C)CCC(=O)NN. The molecule has 5 nitrogen and oxygen atoms in total. The number of hydrogen-bond acceptors (Lipinski definition) is 4. The molecule has 0 heterocycles. The van der Waals surface area contributed by atoms with E-state index in [4.69, 9.17) is 10.9 Å². The van der Waals surface area contributed by atoms with Crippen LogP contribution < -0.4 is 11.3 Å². The Morgan fingerprint density at radius 1 is 1.53 bits per heavy atom. The van der Waals surface area contributed by atoms with Crippen molar-refractivity contribution in [2.75, 3.05) is 19.7 Å². The van der Waals surface area contributed by atoms with Gasteiger partial charge in [-0.1, -0.05) is 6.92 Å². The van der Waals surface area contributed by atoms with Crippen molar-refractivity contribution in [3.63, 3.8) is 0 Å². The normalized spacial score (nSPS) is 12.9. The Labute approximate surface area is 91.6 Å². The predicted molar refractivity (Wildman–Crippen MR) is 60.0 cm³/mol. The van der Waals surface area contributed by atoms with E-state index in [0.717, 1.165) is 19.4 Å². The molecule has 4 N–H and O–H groups in total. The van der Waals surface area contributed by atoms with Gasteiger partial charge in [-0.05, 0) is 26.3 Å². The molecule has 1 amide bonds. The monoisotopic (exact) mass is 217 g/mol. The highest BCUT2D eigenvalue weighted by Gasteiger charge is 2.13. The summed E-state index contributed by atoms with van der Waals surface area (Å²) >= 11 is 0. The number of nitrogens with zero attached hydrogens (tertiary/aromatic N) is 1. The average Bonchev–Trinajstić information content (AvgIpc) is 2.25. The van der Waals surface area contributed by atoms with Gasteiger partial charge in [-0.15, -0.1) is 0 Å². The van der Waals surface area contributed by atoms with Gasteiger partial charge in [-0.3, -0.25) is 15.1 Å². The van der Waals surface area contributed by atoms with Gasteiger partial charge >= 0.3 is 0 Å². The van der Waals surface area contributed by atoms with E-state index in [1.165, 1.54) is 0 Å². The third-order valence-corrected chi connectivity index (χ3v) is 2.47. The van der Waals surface area contributed by atoms with Gasteiger partial charge in [0.1, 0.15) is 0 Å². The summed E-state index contributed by atoms with van der Waals surface area (Å²) in [7, 11) is 0. The molecule has 0 bridgehead atoms. The molecular formula is C10H23N3O2. The first-order valence-corrected chi connectivity index (χ1v) is 5.50. The number of carbonyl (C=O) groups is 1. The van der Waals surface area contributed by atoms with Crippen LogP contribution in [0.1, 0.15) is 33.1 Å². The van der Waals surface area contributed by atoms with Crippen LogP contribution in [0, 0.1) is 0 Å². The molecule has 0 rings (SSSR count). The molecule has 0 aromatic carbocycles. The molecule has 90 valence electrons. The van der Waals surface area contributed by atoms with Crippen LogP contribution in [0.3, 0.4) is 0 Å². The van der Waals surface area contributed by atoms with E-state index in [2.05, 4.69) is 24.2 Å². The van der Waals surface area contributed by atoms with Crippen LogP contribution in [-0.4, -0.2) is 41.7 Å². The molecule has 15 heavy (non-hydrogen) atoms. The van der Waals surface area contributed by atoms with Crippen molar-refractivity contribution in [3.8, 4) is 0 Å². The molecular weight excluding hydrogens is 194 g/mol. The minimum atomic E-state index is -0.137. The molecule has 0 aromatic rings. The zero-order valence-corrected chi connectivity index (χ0v) is 9.70. The first-order valence-electron chi connectivity index (χ1n) is 5.50. The van der Waals surface area contributed by atoms with Crippen molar-refractivity contribution in [2.24, 2.45) is 5.84 Å². The molecule has 0 saturated heterocycles. The molecule has 0 spiro atoms. The fourth-order valence-corrected chi connectivity index (χ4v) is 1.56. The molecule has 0 aromatic heterocycles. The summed E-state index contributed by atoms with van der Waals surface area (Å²) < 4.78 is 0. The zero-order chi connectivity index (χ0) is 11.7. The maximum Gasteiger partial charge on any atom is 0.233 e. The molecule has 0 fully saturated rings. The maximum atomic E-state index is 11.0. The molecule has 5 heteroatoms. The van der Waals surface area contributed by atoms with E-state index >= 15 is 0 Å².